The zero-order valence-corrected chi connectivity index (χ0v) is 20.8. The summed E-state index contributed by atoms with van der Waals surface area (Å²) >= 11 is 12.1. The zero-order valence-electron chi connectivity index (χ0n) is 18.5. The summed E-state index contributed by atoms with van der Waals surface area (Å²) in [7, 11) is -3.73. The predicted molar refractivity (Wildman–Crippen MR) is 132 cm³/mol. The Morgan fingerprint density at radius 2 is 1.91 bits per heavy atom. The van der Waals surface area contributed by atoms with Gasteiger partial charge in [-0.3, -0.25) is 9.10 Å². The van der Waals surface area contributed by atoms with E-state index in [0.29, 0.717) is 10.9 Å². The zero-order chi connectivity index (χ0) is 23.5. The molecule has 2 atom stereocenters. The standard InChI is InChI=1S/C23H29Cl2N3O3S/c1-16-5-4-12-27(14-16)20-9-6-18(7-10-20)17(2)26-23(29)15-28(32(3,30)31)22-11-8-19(24)13-21(22)25/h6-11,13,16-17H,4-5,12,14-15H2,1-3H3,(H,26,29). The van der Waals surface area contributed by atoms with Crippen LogP contribution in [0.1, 0.15) is 38.3 Å². The number of halogens is 2. The number of hydrogen-bond acceptors (Lipinski definition) is 4. The van der Waals surface area contributed by atoms with Crippen molar-refractivity contribution in [2.45, 2.75) is 32.7 Å². The lowest BCUT2D eigenvalue weighted by Gasteiger charge is -2.33. The highest BCUT2D eigenvalue weighted by Crippen LogP contribution is 2.30. The summed E-state index contributed by atoms with van der Waals surface area (Å²) in [4.78, 5) is 15.1. The van der Waals surface area contributed by atoms with Crippen molar-refractivity contribution in [3.63, 3.8) is 0 Å². The Bertz CT molecular complexity index is 1060. The van der Waals surface area contributed by atoms with E-state index in [1.165, 1.54) is 36.7 Å². The number of piperidine rings is 1. The molecular weight excluding hydrogens is 469 g/mol. The Morgan fingerprint density at radius 1 is 1.22 bits per heavy atom. The van der Waals surface area contributed by atoms with E-state index in [9.17, 15) is 13.2 Å². The van der Waals surface area contributed by atoms with Gasteiger partial charge in [0.15, 0.2) is 0 Å². The average molecular weight is 498 g/mol. The highest BCUT2D eigenvalue weighted by atomic mass is 35.5. The summed E-state index contributed by atoms with van der Waals surface area (Å²) in [5.41, 5.74) is 2.34. The van der Waals surface area contributed by atoms with Crippen LogP contribution in [-0.4, -0.2) is 40.2 Å². The van der Waals surface area contributed by atoms with Gasteiger partial charge < -0.3 is 10.2 Å². The lowest BCUT2D eigenvalue weighted by atomic mass is 9.99. The number of carbonyl (C=O) groups excluding carboxylic acids is 1. The van der Waals surface area contributed by atoms with Crippen LogP contribution >= 0.6 is 23.2 Å². The molecule has 9 heteroatoms. The molecular formula is C23H29Cl2N3O3S. The summed E-state index contributed by atoms with van der Waals surface area (Å²) in [6, 6.07) is 12.3. The Labute approximate surface area is 200 Å². The van der Waals surface area contributed by atoms with Crippen molar-refractivity contribution in [2.24, 2.45) is 5.92 Å². The smallest absolute Gasteiger partial charge is 0.241 e. The minimum atomic E-state index is -3.73. The highest BCUT2D eigenvalue weighted by Gasteiger charge is 2.24. The van der Waals surface area contributed by atoms with Crippen LogP contribution in [0.25, 0.3) is 0 Å². The van der Waals surface area contributed by atoms with E-state index in [0.717, 1.165) is 29.2 Å². The van der Waals surface area contributed by atoms with Crippen LogP contribution in [0.4, 0.5) is 11.4 Å². The van der Waals surface area contributed by atoms with Crippen LogP contribution in [0.15, 0.2) is 42.5 Å². The van der Waals surface area contributed by atoms with Gasteiger partial charge in [0.2, 0.25) is 15.9 Å². The third-order valence-electron chi connectivity index (χ3n) is 5.66. The molecule has 2 unspecified atom stereocenters. The van der Waals surface area contributed by atoms with E-state index in [4.69, 9.17) is 23.2 Å². The molecule has 0 radical (unpaired) electrons. The molecule has 6 nitrogen and oxygen atoms in total. The van der Waals surface area contributed by atoms with E-state index in [2.05, 4.69) is 29.3 Å². The second-order valence-electron chi connectivity index (χ2n) is 8.44. The van der Waals surface area contributed by atoms with E-state index in [1.807, 2.05) is 19.1 Å². The molecule has 32 heavy (non-hydrogen) atoms. The van der Waals surface area contributed by atoms with Crippen LogP contribution < -0.4 is 14.5 Å². The maximum atomic E-state index is 12.7. The number of hydrogen-bond donors (Lipinski definition) is 1. The minimum Gasteiger partial charge on any atom is -0.371 e. The summed E-state index contributed by atoms with van der Waals surface area (Å²) in [5, 5.41) is 3.42. The number of carbonyl (C=O) groups is 1. The molecule has 174 valence electrons. The number of amides is 1. The first kappa shape index (κ1) is 24.7. The molecule has 1 amide bonds. The van der Waals surface area contributed by atoms with Gasteiger partial charge in [0, 0.05) is 23.8 Å². The van der Waals surface area contributed by atoms with Crippen LogP contribution in [0.5, 0.6) is 0 Å². The molecule has 3 rings (SSSR count). The number of nitrogens with zero attached hydrogens (tertiary/aromatic N) is 2. The fourth-order valence-electron chi connectivity index (χ4n) is 3.96. The normalized spacial score (nSPS) is 17.7. The number of nitrogens with one attached hydrogen (secondary N) is 1. The summed E-state index contributed by atoms with van der Waals surface area (Å²) in [6.45, 7) is 5.88. The first-order valence-corrected chi connectivity index (χ1v) is 13.2. The van der Waals surface area contributed by atoms with Crippen molar-refractivity contribution in [3.05, 3.63) is 58.1 Å². The van der Waals surface area contributed by atoms with Gasteiger partial charge in [0.1, 0.15) is 6.54 Å². The second-order valence-corrected chi connectivity index (χ2v) is 11.2. The van der Waals surface area contributed by atoms with Gasteiger partial charge in [-0.15, -0.1) is 0 Å². The molecule has 0 aliphatic carbocycles. The second kappa shape index (κ2) is 10.3. The van der Waals surface area contributed by atoms with Crippen molar-refractivity contribution in [3.8, 4) is 0 Å². The first-order valence-electron chi connectivity index (χ1n) is 10.6. The molecule has 0 spiro atoms. The number of benzene rings is 2. The third kappa shape index (κ3) is 6.30. The fourth-order valence-corrected chi connectivity index (χ4v) is 5.39. The lowest BCUT2D eigenvalue weighted by molar-refractivity contribution is -0.120. The molecule has 0 saturated carbocycles. The van der Waals surface area contributed by atoms with Gasteiger partial charge in [-0.1, -0.05) is 42.3 Å². The Kier molecular flexibility index (Phi) is 7.96. The van der Waals surface area contributed by atoms with Gasteiger partial charge in [0.05, 0.1) is 23.0 Å². The van der Waals surface area contributed by atoms with Crippen molar-refractivity contribution >= 4 is 50.5 Å². The lowest BCUT2D eigenvalue weighted by Crippen LogP contribution is -2.41. The molecule has 0 bridgehead atoms. The molecule has 1 aliphatic rings. The first-order chi connectivity index (χ1) is 15.0. The molecule has 2 aromatic rings. The van der Waals surface area contributed by atoms with Crippen molar-refractivity contribution in [2.75, 3.05) is 35.1 Å². The van der Waals surface area contributed by atoms with E-state index in [-0.39, 0.29) is 23.3 Å². The molecule has 2 aromatic carbocycles. The van der Waals surface area contributed by atoms with Crippen molar-refractivity contribution < 1.29 is 13.2 Å². The van der Waals surface area contributed by atoms with Crippen LogP contribution in [0, 0.1) is 5.92 Å². The largest absolute Gasteiger partial charge is 0.371 e. The third-order valence-corrected chi connectivity index (χ3v) is 7.32. The van der Waals surface area contributed by atoms with E-state index < -0.39 is 15.9 Å². The van der Waals surface area contributed by atoms with E-state index in [1.54, 1.807) is 0 Å². The summed E-state index contributed by atoms with van der Waals surface area (Å²) < 4.78 is 25.6. The van der Waals surface area contributed by atoms with Gasteiger partial charge >= 0.3 is 0 Å². The summed E-state index contributed by atoms with van der Waals surface area (Å²) in [5.74, 6) is 0.261. The number of sulfonamides is 1. The SMILES string of the molecule is CC1CCCN(c2ccc(C(C)NC(=O)CN(c3ccc(Cl)cc3Cl)S(C)(=O)=O)cc2)C1. The van der Waals surface area contributed by atoms with Crippen LogP contribution in [-0.2, 0) is 14.8 Å². The van der Waals surface area contributed by atoms with E-state index >= 15 is 0 Å². The van der Waals surface area contributed by atoms with Crippen LogP contribution in [0.3, 0.4) is 0 Å². The Morgan fingerprint density at radius 3 is 2.50 bits per heavy atom. The minimum absolute atomic E-state index is 0.159. The molecule has 1 fully saturated rings. The predicted octanol–water partition coefficient (Wildman–Crippen LogP) is 4.87. The van der Waals surface area contributed by atoms with Gasteiger partial charge in [-0.05, 0) is 61.6 Å². The van der Waals surface area contributed by atoms with Crippen LogP contribution in [0.2, 0.25) is 10.0 Å². The molecule has 1 aliphatic heterocycles. The monoisotopic (exact) mass is 497 g/mol. The van der Waals surface area contributed by atoms with Crippen molar-refractivity contribution in [1.29, 1.82) is 0 Å². The van der Waals surface area contributed by atoms with Gasteiger partial charge in [-0.25, -0.2) is 8.42 Å². The highest BCUT2D eigenvalue weighted by molar-refractivity contribution is 7.92. The number of rotatable bonds is 7. The molecule has 1 N–H and O–H groups in total. The summed E-state index contributed by atoms with van der Waals surface area (Å²) in [6.07, 6.45) is 3.50. The van der Waals surface area contributed by atoms with Crippen molar-refractivity contribution in [1.82, 2.24) is 5.32 Å². The molecule has 0 aromatic heterocycles. The maximum absolute atomic E-state index is 12.7. The maximum Gasteiger partial charge on any atom is 0.241 e. The topological polar surface area (TPSA) is 69.7 Å². The number of anilines is 2. The Hall–Kier alpha value is -1.96. The quantitative estimate of drug-likeness (QED) is 0.591. The molecule has 1 heterocycles. The van der Waals surface area contributed by atoms with Gasteiger partial charge in [-0.2, -0.15) is 0 Å². The van der Waals surface area contributed by atoms with Gasteiger partial charge in [0.25, 0.3) is 0 Å². The Balaban J connectivity index is 1.67. The fraction of sp³-hybridized carbons (Fsp3) is 0.435. The molecule has 1 saturated heterocycles. The average Bonchev–Trinajstić information content (AvgIpc) is 2.72.